The predicted molar refractivity (Wildman–Crippen MR) is 110 cm³/mol. The second-order valence-electron chi connectivity index (χ2n) is 8.03. The number of anilines is 1. The number of fused-ring (bicyclic) bond motifs is 2. The Morgan fingerprint density at radius 3 is 2.48 bits per heavy atom. The van der Waals surface area contributed by atoms with Crippen molar-refractivity contribution >= 4 is 21.6 Å². The molecule has 0 fully saturated rings. The number of para-hydroxylation sites is 3. The van der Waals surface area contributed by atoms with Crippen LogP contribution in [-0.4, -0.2) is 38.8 Å². The SMILES string of the molecule is CC1(C)CC(NC(=O)C2CN(S(C)(=O)=O)c3ccccc3O2)c2ccccc2O1. The van der Waals surface area contributed by atoms with Crippen LogP contribution in [-0.2, 0) is 14.8 Å². The lowest BCUT2D eigenvalue weighted by molar-refractivity contribution is -0.129. The normalized spacial score (nSPS) is 22.5. The van der Waals surface area contributed by atoms with E-state index in [-0.39, 0.29) is 18.5 Å². The molecule has 0 aliphatic carbocycles. The number of amides is 1. The molecule has 8 heteroatoms. The van der Waals surface area contributed by atoms with Gasteiger partial charge in [0, 0.05) is 12.0 Å². The van der Waals surface area contributed by atoms with Crippen LogP contribution in [0.15, 0.2) is 48.5 Å². The van der Waals surface area contributed by atoms with Gasteiger partial charge in [0.05, 0.1) is 24.5 Å². The van der Waals surface area contributed by atoms with Gasteiger partial charge in [-0.3, -0.25) is 9.10 Å². The smallest absolute Gasteiger partial charge is 0.263 e. The van der Waals surface area contributed by atoms with Gasteiger partial charge in [-0.15, -0.1) is 0 Å². The Balaban J connectivity index is 1.60. The molecule has 0 aromatic heterocycles. The lowest BCUT2D eigenvalue weighted by atomic mass is 9.89. The summed E-state index contributed by atoms with van der Waals surface area (Å²) in [6, 6.07) is 14.2. The number of hydrogen-bond acceptors (Lipinski definition) is 5. The molecule has 2 heterocycles. The number of nitrogens with one attached hydrogen (secondary N) is 1. The standard InChI is InChI=1S/C21H24N2O5S/c1-21(2)12-15(14-8-4-6-10-17(14)28-21)22-20(24)19-13-23(29(3,25)26)16-9-5-7-11-18(16)27-19/h4-11,15,19H,12-13H2,1-3H3,(H,22,24). The zero-order valence-corrected chi connectivity index (χ0v) is 17.4. The van der Waals surface area contributed by atoms with Crippen LogP contribution in [0.3, 0.4) is 0 Å². The van der Waals surface area contributed by atoms with Gasteiger partial charge in [-0.1, -0.05) is 30.3 Å². The predicted octanol–water partition coefficient (Wildman–Crippen LogP) is 2.63. The van der Waals surface area contributed by atoms with E-state index in [2.05, 4.69) is 5.32 Å². The fraction of sp³-hybridized carbons (Fsp3) is 0.381. The van der Waals surface area contributed by atoms with Crippen molar-refractivity contribution in [2.75, 3.05) is 17.1 Å². The third-order valence-electron chi connectivity index (χ3n) is 5.12. The minimum absolute atomic E-state index is 0.0735. The zero-order chi connectivity index (χ0) is 20.8. The summed E-state index contributed by atoms with van der Waals surface area (Å²) in [5.41, 5.74) is 0.901. The van der Waals surface area contributed by atoms with E-state index in [9.17, 15) is 13.2 Å². The van der Waals surface area contributed by atoms with Gasteiger partial charge >= 0.3 is 0 Å². The van der Waals surface area contributed by atoms with E-state index in [0.717, 1.165) is 17.6 Å². The highest BCUT2D eigenvalue weighted by Gasteiger charge is 2.38. The van der Waals surface area contributed by atoms with Crippen molar-refractivity contribution in [3.05, 3.63) is 54.1 Å². The van der Waals surface area contributed by atoms with Crippen LogP contribution in [0, 0.1) is 0 Å². The molecule has 1 amide bonds. The first kappa shape index (κ1) is 19.6. The first-order valence-electron chi connectivity index (χ1n) is 9.46. The molecule has 29 heavy (non-hydrogen) atoms. The van der Waals surface area contributed by atoms with Crippen molar-refractivity contribution in [3.8, 4) is 11.5 Å². The van der Waals surface area contributed by atoms with Crippen LogP contribution in [0.25, 0.3) is 0 Å². The molecule has 2 atom stereocenters. The first-order valence-corrected chi connectivity index (χ1v) is 11.3. The molecule has 154 valence electrons. The van der Waals surface area contributed by atoms with Gasteiger partial charge in [-0.25, -0.2) is 8.42 Å². The molecule has 0 spiro atoms. The summed E-state index contributed by atoms with van der Waals surface area (Å²) in [5, 5.41) is 3.04. The quantitative estimate of drug-likeness (QED) is 0.832. The molecule has 7 nitrogen and oxygen atoms in total. The van der Waals surface area contributed by atoms with Gasteiger partial charge in [0.25, 0.3) is 5.91 Å². The number of nitrogens with zero attached hydrogens (tertiary/aromatic N) is 1. The molecule has 0 saturated carbocycles. The van der Waals surface area contributed by atoms with Crippen molar-refractivity contribution in [2.24, 2.45) is 0 Å². The van der Waals surface area contributed by atoms with E-state index in [1.807, 2.05) is 38.1 Å². The highest BCUT2D eigenvalue weighted by Crippen LogP contribution is 2.40. The van der Waals surface area contributed by atoms with Crippen LogP contribution < -0.4 is 19.1 Å². The highest BCUT2D eigenvalue weighted by molar-refractivity contribution is 7.92. The molecule has 0 saturated heterocycles. The van der Waals surface area contributed by atoms with E-state index >= 15 is 0 Å². The lowest BCUT2D eigenvalue weighted by Gasteiger charge is -2.39. The Kier molecular flexibility index (Phi) is 4.69. The molecule has 0 radical (unpaired) electrons. The third-order valence-corrected chi connectivity index (χ3v) is 6.27. The minimum atomic E-state index is -3.55. The van der Waals surface area contributed by atoms with E-state index in [1.54, 1.807) is 24.3 Å². The van der Waals surface area contributed by atoms with Crippen LogP contribution >= 0.6 is 0 Å². The van der Waals surface area contributed by atoms with Crippen molar-refractivity contribution in [1.82, 2.24) is 5.32 Å². The number of carbonyl (C=O) groups is 1. The average Bonchev–Trinajstić information content (AvgIpc) is 2.65. The number of hydrogen-bond donors (Lipinski definition) is 1. The summed E-state index contributed by atoms with van der Waals surface area (Å²) in [6.07, 6.45) is 0.772. The Bertz CT molecular complexity index is 1050. The Hall–Kier alpha value is -2.74. The molecule has 4 rings (SSSR count). The zero-order valence-electron chi connectivity index (χ0n) is 16.6. The fourth-order valence-electron chi connectivity index (χ4n) is 3.85. The molecule has 2 aliphatic rings. The van der Waals surface area contributed by atoms with Crippen LogP contribution in [0.2, 0.25) is 0 Å². The maximum atomic E-state index is 13.1. The second kappa shape index (κ2) is 6.95. The Morgan fingerprint density at radius 2 is 1.76 bits per heavy atom. The molecule has 2 unspecified atom stereocenters. The van der Waals surface area contributed by atoms with Gasteiger partial charge in [-0.05, 0) is 32.0 Å². The fourth-order valence-corrected chi connectivity index (χ4v) is 4.76. The maximum absolute atomic E-state index is 13.1. The van der Waals surface area contributed by atoms with Gasteiger partial charge in [0.15, 0.2) is 6.10 Å². The minimum Gasteiger partial charge on any atom is -0.487 e. The summed E-state index contributed by atoms with van der Waals surface area (Å²) in [5.74, 6) is 0.754. The van der Waals surface area contributed by atoms with Gasteiger partial charge in [0.1, 0.15) is 17.1 Å². The average molecular weight is 416 g/mol. The van der Waals surface area contributed by atoms with E-state index < -0.39 is 21.7 Å². The molecule has 1 N–H and O–H groups in total. The molecule has 2 aromatic carbocycles. The molecule has 2 aromatic rings. The summed E-state index contributed by atoms with van der Waals surface area (Å²) in [4.78, 5) is 13.1. The topological polar surface area (TPSA) is 84.9 Å². The molecule has 2 aliphatic heterocycles. The highest BCUT2D eigenvalue weighted by atomic mass is 32.2. The lowest BCUT2D eigenvalue weighted by Crippen LogP contribution is -2.52. The summed E-state index contributed by atoms with van der Waals surface area (Å²) in [6.45, 7) is 3.87. The van der Waals surface area contributed by atoms with E-state index in [0.29, 0.717) is 17.9 Å². The largest absolute Gasteiger partial charge is 0.487 e. The second-order valence-corrected chi connectivity index (χ2v) is 9.94. The monoisotopic (exact) mass is 416 g/mol. The number of benzene rings is 2. The van der Waals surface area contributed by atoms with E-state index in [4.69, 9.17) is 9.47 Å². The van der Waals surface area contributed by atoms with Crippen molar-refractivity contribution < 1.29 is 22.7 Å². The summed E-state index contributed by atoms with van der Waals surface area (Å²) < 4.78 is 37.6. The number of ether oxygens (including phenoxy) is 2. The van der Waals surface area contributed by atoms with Crippen LogP contribution in [0.4, 0.5) is 5.69 Å². The Morgan fingerprint density at radius 1 is 1.10 bits per heavy atom. The number of carbonyl (C=O) groups excluding carboxylic acids is 1. The Labute approximate surface area is 170 Å². The molecular weight excluding hydrogens is 392 g/mol. The van der Waals surface area contributed by atoms with Crippen molar-refractivity contribution in [1.29, 1.82) is 0 Å². The third kappa shape index (κ3) is 3.89. The molecular formula is C21H24N2O5S. The van der Waals surface area contributed by atoms with Crippen molar-refractivity contribution in [2.45, 2.75) is 38.0 Å². The van der Waals surface area contributed by atoms with Gasteiger partial charge < -0.3 is 14.8 Å². The van der Waals surface area contributed by atoms with E-state index in [1.165, 1.54) is 4.31 Å². The maximum Gasteiger partial charge on any atom is 0.263 e. The summed E-state index contributed by atoms with van der Waals surface area (Å²) in [7, 11) is -3.55. The number of sulfonamides is 1. The van der Waals surface area contributed by atoms with Gasteiger partial charge in [-0.2, -0.15) is 0 Å². The van der Waals surface area contributed by atoms with Crippen molar-refractivity contribution in [3.63, 3.8) is 0 Å². The number of rotatable bonds is 3. The van der Waals surface area contributed by atoms with Gasteiger partial charge in [0.2, 0.25) is 10.0 Å². The van der Waals surface area contributed by atoms with Crippen LogP contribution in [0.1, 0.15) is 31.9 Å². The van der Waals surface area contributed by atoms with Crippen LogP contribution in [0.5, 0.6) is 11.5 Å². The first-order chi connectivity index (χ1) is 13.6. The summed E-state index contributed by atoms with van der Waals surface area (Å²) >= 11 is 0. The molecule has 0 bridgehead atoms.